The van der Waals surface area contributed by atoms with Crippen LogP contribution in [-0.2, 0) is 7.05 Å². The van der Waals surface area contributed by atoms with Gasteiger partial charge in [-0.15, -0.1) is 0 Å². The number of ketones is 1. The standard InChI is InChI=1S/C28H28FN3O2/c1-18-14-21(12-13-30-18)28-23-17-20(10-11-25(23)32(2)31-28)26(33)16-19-6-5-7-22(15-19)34-27-9-4-3-8-24(27)29/h3-4,8-14,17,19,22H,5-7,15-16H2,1-2H3. The minimum Gasteiger partial charge on any atom is -0.487 e. The Morgan fingerprint density at radius 3 is 2.82 bits per heavy atom. The third-order valence-electron chi connectivity index (χ3n) is 6.68. The van der Waals surface area contributed by atoms with Crippen LogP contribution in [-0.4, -0.2) is 26.7 Å². The molecule has 1 saturated carbocycles. The second-order valence-corrected chi connectivity index (χ2v) is 9.22. The molecule has 1 fully saturated rings. The van der Waals surface area contributed by atoms with E-state index in [0.717, 1.165) is 53.5 Å². The number of benzene rings is 2. The number of carbonyl (C=O) groups is 1. The Labute approximate surface area is 198 Å². The van der Waals surface area contributed by atoms with Gasteiger partial charge in [0.25, 0.3) is 0 Å². The maximum atomic E-state index is 14.0. The smallest absolute Gasteiger partial charge is 0.165 e. The molecule has 1 aliphatic carbocycles. The average Bonchev–Trinajstić information content (AvgIpc) is 3.17. The van der Waals surface area contributed by atoms with Gasteiger partial charge in [-0.3, -0.25) is 14.5 Å². The van der Waals surface area contributed by atoms with Crippen molar-refractivity contribution in [1.29, 1.82) is 0 Å². The van der Waals surface area contributed by atoms with Crippen LogP contribution in [0.1, 0.15) is 48.2 Å². The number of ether oxygens (including phenoxy) is 1. The lowest BCUT2D eigenvalue weighted by Gasteiger charge is -2.29. The maximum absolute atomic E-state index is 14.0. The van der Waals surface area contributed by atoms with Gasteiger partial charge in [0.1, 0.15) is 5.69 Å². The van der Waals surface area contributed by atoms with Gasteiger partial charge in [-0.2, -0.15) is 5.10 Å². The van der Waals surface area contributed by atoms with Crippen molar-refractivity contribution in [3.8, 4) is 17.0 Å². The molecule has 0 radical (unpaired) electrons. The fourth-order valence-corrected chi connectivity index (χ4v) is 4.98. The van der Waals surface area contributed by atoms with Crippen molar-refractivity contribution in [1.82, 2.24) is 14.8 Å². The summed E-state index contributed by atoms with van der Waals surface area (Å²) in [4.78, 5) is 17.5. The Hall–Kier alpha value is -3.54. The van der Waals surface area contributed by atoms with Crippen molar-refractivity contribution < 1.29 is 13.9 Å². The fraction of sp³-hybridized carbons (Fsp3) is 0.321. The number of para-hydroxylation sites is 1. The van der Waals surface area contributed by atoms with Crippen LogP contribution in [0.15, 0.2) is 60.8 Å². The second kappa shape index (κ2) is 9.37. The number of Topliss-reactive ketones (excluding diaryl/α,β-unsaturated/α-hetero) is 1. The molecule has 5 rings (SSSR count). The number of nitrogens with zero attached hydrogens (tertiary/aromatic N) is 3. The van der Waals surface area contributed by atoms with Crippen LogP contribution in [0.2, 0.25) is 0 Å². The van der Waals surface area contributed by atoms with Gasteiger partial charge in [0.15, 0.2) is 17.3 Å². The van der Waals surface area contributed by atoms with Crippen LogP contribution in [0, 0.1) is 18.7 Å². The number of hydrogen-bond acceptors (Lipinski definition) is 4. The summed E-state index contributed by atoms with van der Waals surface area (Å²) in [6.07, 6.45) is 5.79. The molecule has 0 N–H and O–H groups in total. The van der Waals surface area contributed by atoms with E-state index in [1.54, 1.807) is 24.4 Å². The van der Waals surface area contributed by atoms with Gasteiger partial charge >= 0.3 is 0 Å². The van der Waals surface area contributed by atoms with Crippen molar-refractivity contribution in [2.24, 2.45) is 13.0 Å². The van der Waals surface area contributed by atoms with Gasteiger partial charge in [-0.05, 0) is 81.0 Å². The minimum atomic E-state index is -0.342. The number of aromatic nitrogens is 3. The lowest BCUT2D eigenvalue weighted by Crippen LogP contribution is -2.27. The molecule has 5 nitrogen and oxygen atoms in total. The molecule has 2 aromatic carbocycles. The topological polar surface area (TPSA) is 57.0 Å². The minimum absolute atomic E-state index is 0.0641. The van der Waals surface area contributed by atoms with Crippen LogP contribution in [0.5, 0.6) is 5.75 Å². The van der Waals surface area contributed by atoms with Gasteiger partial charge in [-0.1, -0.05) is 12.1 Å². The van der Waals surface area contributed by atoms with Crippen LogP contribution in [0.25, 0.3) is 22.2 Å². The molecular formula is C28H28FN3O2. The third kappa shape index (κ3) is 4.58. The summed E-state index contributed by atoms with van der Waals surface area (Å²) >= 11 is 0. The quantitative estimate of drug-likeness (QED) is 0.319. The van der Waals surface area contributed by atoms with Gasteiger partial charge in [0, 0.05) is 41.9 Å². The first kappa shape index (κ1) is 22.3. The van der Waals surface area contributed by atoms with Crippen molar-refractivity contribution in [3.63, 3.8) is 0 Å². The highest BCUT2D eigenvalue weighted by Crippen LogP contribution is 2.33. The van der Waals surface area contributed by atoms with Crippen molar-refractivity contribution >= 4 is 16.7 Å². The molecule has 6 heteroatoms. The lowest BCUT2D eigenvalue weighted by atomic mass is 9.83. The van der Waals surface area contributed by atoms with E-state index >= 15 is 0 Å². The van der Waals surface area contributed by atoms with Crippen molar-refractivity contribution in [2.75, 3.05) is 0 Å². The molecule has 0 bridgehead atoms. The summed E-state index contributed by atoms with van der Waals surface area (Å²) < 4.78 is 21.8. The number of carbonyl (C=O) groups excluding carboxylic acids is 1. The van der Waals surface area contributed by atoms with E-state index in [9.17, 15) is 9.18 Å². The summed E-state index contributed by atoms with van der Waals surface area (Å²) in [6.45, 7) is 1.96. The predicted octanol–water partition coefficient (Wildman–Crippen LogP) is 6.29. The molecule has 0 spiro atoms. The summed E-state index contributed by atoms with van der Waals surface area (Å²) in [7, 11) is 1.92. The molecule has 4 aromatic rings. The Kier molecular flexibility index (Phi) is 6.14. The SMILES string of the molecule is Cc1cc(-c2nn(C)c3ccc(C(=O)CC4CCCC(Oc5ccccc5F)C4)cc23)ccn1. The zero-order valence-corrected chi connectivity index (χ0v) is 19.5. The molecular weight excluding hydrogens is 429 g/mol. The van der Waals surface area contributed by atoms with E-state index in [-0.39, 0.29) is 23.6 Å². The molecule has 0 amide bonds. The first-order valence-electron chi connectivity index (χ1n) is 11.8. The molecule has 2 aromatic heterocycles. The van der Waals surface area contributed by atoms with Crippen LogP contribution in [0.4, 0.5) is 4.39 Å². The Bertz CT molecular complexity index is 1350. The van der Waals surface area contributed by atoms with Crippen LogP contribution >= 0.6 is 0 Å². The van der Waals surface area contributed by atoms with E-state index in [0.29, 0.717) is 17.7 Å². The van der Waals surface area contributed by atoms with Crippen molar-refractivity contribution in [3.05, 3.63) is 77.9 Å². The van der Waals surface area contributed by atoms with E-state index in [4.69, 9.17) is 9.84 Å². The van der Waals surface area contributed by atoms with Crippen LogP contribution < -0.4 is 4.74 Å². The molecule has 0 saturated heterocycles. The summed E-state index contributed by atoms with van der Waals surface area (Å²) in [5.41, 5.74) is 4.45. The van der Waals surface area contributed by atoms with Gasteiger partial charge in [0.2, 0.25) is 0 Å². The summed E-state index contributed by atoms with van der Waals surface area (Å²) in [5.74, 6) is 0.301. The Balaban J connectivity index is 1.33. The first-order chi connectivity index (χ1) is 16.5. The highest BCUT2D eigenvalue weighted by molar-refractivity contribution is 6.02. The fourth-order valence-electron chi connectivity index (χ4n) is 4.98. The second-order valence-electron chi connectivity index (χ2n) is 9.22. The number of hydrogen-bond donors (Lipinski definition) is 0. The summed E-state index contributed by atoms with van der Waals surface area (Å²) in [5, 5.41) is 5.67. The molecule has 174 valence electrons. The highest BCUT2D eigenvalue weighted by Gasteiger charge is 2.26. The van der Waals surface area contributed by atoms with Crippen LogP contribution in [0.3, 0.4) is 0 Å². The third-order valence-corrected chi connectivity index (χ3v) is 6.68. The van der Waals surface area contributed by atoms with Crippen molar-refractivity contribution in [2.45, 2.75) is 45.1 Å². The number of aryl methyl sites for hydroxylation is 2. The van der Waals surface area contributed by atoms with Gasteiger partial charge in [0.05, 0.1) is 11.6 Å². The zero-order valence-electron chi connectivity index (χ0n) is 19.5. The Morgan fingerprint density at radius 2 is 2.00 bits per heavy atom. The summed E-state index contributed by atoms with van der Waals surface area (Å²) in [6, 6.07) is 16.3. The molecule has 0 aliphatic heterocycles. The number of rotatable bonds is 6. The molecule has 1 aliphatic rings. The predicted molar refractivity (Wildman–Crippen MR) is 130 cm³/mol. The molecule has 2 unspecified atom stereocenters. The van der Waals surface area contributed by atoms with Gasteiger partial charge < -0.3 is 4.74 Å². The first-order valence-corrected chi connectivity index (χ1v) is 11.8. The molecule has 34 heavy (non-hydrogen) atoms. The van der Waals surface area contributed by atoms with E-state index in [2.05, 4.69) is 4.98 Å². The highest BCUT2D eigenvalue weighted by atomic mass is 19.1. The number of fused-ring (bicyclic) bond motifs is 1. The largest absolute Gasteiger partial charge is 0.487 e. The van der Waals surface area contributed by atoms with E-state index < -0.39 is 0 Å². The lowest BCUT2D eigenvalue weighted by molar-refractivity contribution is 0.0874. The monoisotopic (exact) mass is 457 g/mol. The maximum Gasteiger partial charge on any atom is 0.165 e. The number of pyridine rings is 1. The molecule has 2 atom stereocenters. The van der Waals surface area contributed by atoms with E-state index in [1.165, 1.54) is 6.07 Å². The zero-order chi connectivity index (χ0) is 23.7. The average molecular weight is 458 g/mol. The van der Waals surface area contributed by atoms with E-state index in [1.807, 2.05) is 49.0 Å². The normalized spacial score (nSPS) is 18.2. The Morgan fingerprint density at radius 1 is 1.15 bits per heavy atom. The van der Waals surface area contributed by atoms with Gasteiger partial charge in [-0.25, -0.2) is 4.39 Å². The molecule has 2 heterocycles. The number of halogens is 1.